The van der Waals surface area contributed by atoms with Gasteiger partial charge in [-0.25, -0.2) is 0 Å². The summed E-state index contributed by atoms with van der Waals surface area (Å²) in [5.74, 6) is 0. The van der Waals surface area contributed by atoms with E-state index in [-0.39, 0.29) is 0 Å². The summed E-state index contributed by atoms with van der Waals surface area (Å²) in [5.41, 5.74) is 2.31. The third kappa shape index (κ3) is 3.40. The van der Waals surface area contributed by atoms with Crippen LogP contribution in [0.25, 0.3) is 0 Å². The molecular weight excluding hydrogens is 288 g/mol. The Bertz CT molecular complexity index is 387. The van der Waals surface area contributed by atoms with Gasteiger partial charge >= 0.3 is 0 Å². The second-order valence-corrected chi connectivity index (χ2v) is 4.39. The number of anilines is 1. The van der Waals surface area contributed by atoms with Gasteiger partial charge in [-0.1, -0.05) is 27.5 Å². The Labute approximate surface area is 110 Å². The number of alkyl halides is 1. The van der Waals surface area contributed by atoms with Crippen molar-refractivity contribution in [2.45, 2.75) is 18.7 Å². The zero-order valence-corrected chi connectivity index (χ0v) is 11.6. The van der Waals surface area contributed by atoms with Crippen molar-refractivity contribution in [3.05, 3.63) is 28.8 Å². The summed E-state index contributed by atoms with van der Waals surface area (Å²) in [6.07, 6.45) is 0.540. The topological polar surface area (TPSA) is 27.0 Å². The summed E-state index contributed by atoms with van der Waals surface area (Å²) < 4.78 is 0. The molecule has 0 fully saturated rings. The second kappa shape index (κ2) is 6.78. The molecule has 0 radical (unpaired) electrons. The van der Waals surface area contributed by atoms with Crippen molar-refractivity contribution >= 4 is 33.2 Å². The van der Waals surface area contributed by atoms with Crippen LogP contribution in [0.5, 0.6) is 0 Å². The van der Waals surface area contributed by atoms with Crippen LogP contribution in [0.15, 0.2) is 18.2 Å². The van der Waals surface area contributed by atoms with Crippen molar-refractivity contribution in [2.75, 3.05) is 18.0 Å². The maximum Gasteiger partial charge on any atom is 0.0640 e. The van der Waals surface area contributed by atoms with Crippen molar-refractivity contribution in [3.8, 4) is 6.07 Å². The maximum absolute atomic E-state index is 8.62. The van der Waals surface area contributed by atoms with Gasteiger partial charge < -0.3 is 4.90 Å². The van der Waals surface area contributed by atoms with Gasteiger partial charge in [-0.2, -0.15) is 5.26 Å². The predicted molar refractivity (Wildman–Crippen MR) is 72.2 cm³/mol. The van der Waals surface area contributed by atoms with Gasteiger partial charge in [0.2, 0.25) is 0 Å². The van der Waals surface area contributed by atoms with Gasteiger partial charge in [-0.05, 0) is 30.7 Å². The highest BCUT2D eigenvalue weighted by Gasteiger charge is 2.09. The monoisotopic (exact) mass is 300 g/mol. The lowest BCUT2D eigenvalue weighted by molar-refractivity contribution is 0.823. The van der Waals surface area contributed by atoms with Gasteiger partial charge in [-0.15, -0.1) is 0 Å². The Morgan fingerprint density at radius 2 is 2.25 bits per heavy atom. The number of hydrogen-bond acceptors (Lipinski definition) is 2. The minimum atomic E-state index is 0.540. The molecule has 0 bridgehead atoms. The van der Waals surface area contributed by atoms with E-state index in [0.717, 1.165) is 34.7 Å². The number of benzene rings is 1. The van der Waals surface area contributed by atoms with E-state index in [1.54, 1.807) is 0 Å². The number of nitrogens with zero attached hydrogens (tertiary/aromatic N) is 2. The van der Waals surface area contributed by atoms with Crippen LogP contribution in [0.2, 0.25) is 5.02 Å². The zero-order chi connectivity index (χ0) is 12.0. The van der Waals surface area contributed by atoms with Crippen LogP contribution in [-0.4, -0.2) is 13.1 Å². The Morgan fingerprint density at radius 3 is 2.81 bits per heavy atom. The summed E-state index contributed by atoms with van der Waals surface area (Å²) in [5, 5.41) is 10.1. The van der Waals surface area contributed by atoms with Gasteiger partial charge in [0.05, 0.1) is 12.5 Å². The first-order valence-corrected chi connectivity index (χ1v) is 6.69. The molecule has 16 heavy (non-hydrogen) atoms. The summed E-state index contributed by atoms with van der Waals surface area (Å²) in [4.78, 5) is 2.19. The first-order valence-electron chi connectivity index (χ1n) is 5.19. The van der Waals surface area contributed by atoms with E-state index in [9.17, 15) is 0 Å². The molecule has 0 saturated heterocycles. The summed E-state index contributed by atoms with van der Waals surface area (Å²) in [6, 6.07) is 8.03. The maximum atomic E-state index is 8.62. The van der Waals surface area contributed by atoms with Gasteiger partial charge in [0.15, 0.2) is 0 Å². The van der Waals surface area contributed by atoms with E-state index in [0.29, 0.717) is 6.42 Å². The minimum Gasteiger partial charge on any atom is -0.371 e. The van der Waals surface area contributed by atoms with Crippen LogP contribution in [0, 0.1) is 11.3 Å². The van der Waals surface area contributed by atoms with Gasteiger partial charge in [0, 0.05) is 29.1 Å². The van der Waals surface area contributed by atoms with Crippen molar-refractivity contribution < 1.29 is 0 Å². The molecule has 2 nitrogen and oxygen atoms in total. The molecule has 4 heteroatoms. The van der Waals surface area contributed by atoms with E-state index in [4.69, 9.17) is 16.9 Å². The molecule has 0 spiro atoms. The molecule has 0 aliphatic heterocycles. The summed E-state index contributed by atoms with van der Waals surface area (Å²) >= 11 is 9.41. The molecule has 1 aromatic rings. The third-order valence-electron chi connectivity index (χ3n) is 2.40. The summed E-state index contributed by atoms with van der Waals surface area (Å²) in [7, 11) is 0. The van der Waals surface area contributed by atoms with Crippen LogP contribution in [0.4, 0.5) is 5.69 Å². The van der Waals surface area contributed by atoms with Crippen LogP contribution < -0.4 is 4.90 Å². The quantitative estimate of drug-likeness (QED) is 0.769. The van der Waals surface area contributed by atoms with Crippen molar-refractivity contribution in [3.63, 3.8) is 0 Å². The van der Waals surface area contributed by atoms with Crippen molar-refractivity contribution in [1.29, 1.82) is 5.26 Å². The van der Waals surface area contributed by atoms with Gasteiger partial charge in [0.1, 0.15) is 0 Å². The highest BCUT2D eigenvalue weighted by molar-refractivity contribution is 9.08. The Balaban J connectivity index is 2.95. The molecule has 0 aliphatic carbocycles. The standard InChI is InChI=1S/C12H14BrClN2/c1-2-16(7-3-6-15)12-5-4-11(14)8-10(12)9-13/h4-5,8H,2-3,7,9H2,1H3. The lowest BCUT2D eigenvalue weighted by Gasteiger charge is -2.24. The Morgan fingerprint density at radius 1 is 1.50 bits per heavy atom. The molecule has 1 rings (SSSR count). The van der Waals surface area contributed by atoms with Crippen molar-refractivity contribution in [1.82, 2.24) is 0 Å². The normalized spacial score (nSPS) is 9.88. The Hall–Kier alpha value is -0.720. The molecule has 86 valence electrons. The van der Waals surface area contributed by atoms with E-state index in [2.05, 4.69) is 33.8 Å². The molecule has 0 unspecified atom stereocenters. The largest absolute Gasteiger partial charge is 0.371 e. The second-order valence-electron chi connectivity index (χ2n) is 3.39. The highest BCUT2D eigenvalue weighted by atomic mass is 79.9. The van der Waals surface area contributed by atoms with Gasteiger partial charge in [-0.3, -0.25) is 0 Å². The fourth-order valence-electron chi connectivity index (χ4n) is 1.60. The highest BCUT2D eigenvalue weighted by Crippen LogP contribution is 2.26. The molecule has 0 heterocycles. The first kappa shape index (κ1) is 13.3. The molecule has 0 amide bonds. The van der Waals surface area contributed by atoms with E-state index in [1.807, 2.05) is 18.2 Å². The smallest absolute Gasteiger partial charge is 0.0640 e. The van der Waals surface area contributed by atoms with Crippen molar-refractivity contribution in [2.24, 2.45) is 0 Å². The SMILES string of the molecule is CCN(CCC#N)c1ccc(Cl)cc1CBr. The number of nitriles is 1. The van der Waals surface area contributed by atoms with Crippen LogP contribution >= 0.6 is 27.5 Å². The lowest BCUT2D eigenvalue weighted by atomic mass is 10.1. The van der Waals surface area contributed by atoms with Gasteiger partial charge in [0.25, 0.3) is 0 Å². The fraction of sp³-hybridized carbons (Fsp3) is 0.417. The summed E-state index contributed by atoms with van der Waals surface area (Å²) in [6.45, 7) is 3.74. The van der Waals surface area contributed by atoms with Crippen LogP contribution in [0.3, 0.4) is 0 Å². The first-order chi connectivity index (χ1) is 7.72. The van der Waals surface area contributed by atoms with Crippen LogP contribution in [-0.2, 0) is 5.33 Å². The molecule has 1 aromatic carbocycles. The Kier molecular flexibility index (Phi) is 5.65. The van der Waals surface area contributed by atoms with E-state index < -0.39 is 0 Å². The molecule has 0 aromatic heterocycles. The number of rotatable bonds is 5. The lowest BCUT2D eigenvalue weighted by Crippen LogP contribution is -2.24. The number of halogens is 2. The average Bonchev–Trinajstić information content (AvgIpc) is 2.31. The zero-order valence-electron chi connectivity index (χ0n) is 9.21. The van der Waals surface area contributed by atoms with Crippen LogP contribution in [0.1, 0.15) is 18.9 Å². The third-order valence-corrected chi connectivity index (χ3v) is 3.24. The minimum absolute atomic E-state index is 0.540. The molecular formula is C12H14BrClN2. The van der Waals surface area contributed by atoms with E-state index in [1.165, 1.54) is 0 Å². The molecule has 0 saturated carbocycles. The number of hydrogen-bond donors (Lipinski definition) is 0. The predicted octanol–water partition coefficient (Wildman–Crippen LogP) is 3.97. The molecule has 0 atom stereocenters. The van der Waals surface area contributed by atoms with E-state index >= 15 is 0 Å². The molecule has 0 N–H and O–H groups in total. The fourth-order valence-corrected chi connectivity index (χ4v) is 2.25. The average molecular weight is 302 g/mol. The molecule has 0 aliphatic rings.